The molecule has 0 aliphatic heterocycles. The van der Waals surface area contributed by atoms with Gasteiger partial charge in [0.25, 0.3) is 5.91 Å². The van der Waals surface area contributed by atoms with E-state index in [1.54, 1.807) is 26.4 Å². The van der Waals surface area contributed by atoms with Crippen molar-refractivity contribution in [2.75, 3.05) is 19.6 Å². The second kappa shape index (κ2) is 11.7. The van der Waals surface area contributed by atoms with Gasteiger partial charge < -0.3 is 9.47 Å². The van der Waals surface area contributed by atoms with Crippen molar-refractivity contribution in [2.24, 2.45) is 10.2 Å². The van der Waals surface area contributed by atoms with Crippen LogP contribution in [0.3, 0.4) is 0 Å². The average molecular weight is 531 g/mol. The Morgan fingerprint density at radius 1 is 0.575 bits per heavy atom. The first-order valence-electron chi connectivity index (χ1n) is 12.8. The molecule has 0 aromatic heterocycles. The van der Waals surface area contributed by atoms with E-state index in [9.17, 15) is 4.79 Å². The van der Waals surface area contributed by atoms with Gasteiger partial charge in [0.2, 0.25) is 0 Å². The van der Waals surface area contributed by atoms with Gasteiger partial charge in [-0.3, -0.25) is 10.2 Å². The summed E-state index contributed by atoms with van der Waals surface area (Å²) in [7, 11) is 3.32. The lowest BCUT2D eigenvalue weighted by atomic mass is 10.0. The van der Waals surface area contributed by atoms with E-state index in [4.69, 9.17) is 9.47 Å². The minimum absolute atomic E-state index is 0.288. The Kier molecular flexibility index (Phi) is 7.73. The predicted molar refractivity (Wildman–Crippen MR) is 163 cm³/mol. The van der Waals surface area contributed by atoms with E-state index < -0.39 is 0 Å². The highest BCUT2D eigenvalue weighted by atomic mass is 16.5. The fourth-order valence-electron chi connectivity index (χ4n) is 4.32. The summed E-state index contributed by atoms with van der Waals surface area (Å²) in [5.41, 5.74) is 10.5. The number of carbonyl (C=O) groups is 1. The quantitative estimate of drug-likeness (QED) is 0.167. The molecular weight excluding hydrogens is 500 g/mol. The molecule has 0 aliphatic rings. The molecule has 0 bridgehead atoms. The number of ether oxygens (including phenoxy) is 2. The Labute approximate surface area is 233 Å². The number of carbonyl (C=O) groups excluding carboxylic acids is 1. The molecule has 0 atom stereocenters. The van der Waals surface area contributed by atoms with Crippen LogP contribution in [0, 0.1) is 0 Å². The van der Waals surface area contributed by atoms with Crippen LogP contribution in [0.4, 0.5) is 5.69 Å². The van der Waals surface area contributed by atoms with Gasteiger partial charge in [-0.25, -0.2) is 5.43 Å². The summed E-state index contributed by atoms with van der Waals surface area (Å²) >= 11 is 0. The van der Waals surface area contributed by atoms with Crippen molar-refractivity contribution in [1.29, 1.82) is 0 Å². The monoisotopic (exact) mass is 530 g/mol. The third-order valence-electron chi connectivity index (χ3n) is 6.76. The molecule has 0 saturated carbocycles. The van der Waals surface area contributed by atoms with Crippen LogP contribution in [-0.4, -0.2) is 31.6 Å². The van der Waals surface area contributed by atoms with Crippen molar-refractivity contribution in [3.05, 3.63) is 114 Å². The van der Waals surface area contributed by atoms with Gasteiger partial charge in [0.05, 0.1) is 31.3 Å². The number of nitrogens with one attached hydrogen (secondary N) is 2. The topological polar surface area (TPSA) is 84.3 Å². The fraction of sp³-hybridized carbons (Fsp3) is 0.121. The second-order valence-electron chi connectivity index (χ2n) is 9.38. The zero-order chi connectivity index (χ0) is 28.1. The summed E-state index contributed by atoms with van der Waals surface area (Å²) in [6.07, 6.45) is 0. The predicted octanol–water partition coefficient (Wildman–Crippen LogP) is 7.00. The Bertz CT molecular complexity index is 1760. The van der Waals surface area contributed by atoms with Crippen molar-refractivity contribution in [2.45, 2.75) is 13.8 Å². The molecule has 0 radical (unpaired) electrons. The minimum Gasteiger partial charge on any atom is -0.497 e. The highest BCUT2D eigenvalue weighted by Gasteiger charge is 2.07. The Balaban J connectivity index is 1.21. The van der Waals surface area contributed by atoms with E-state index in [1.807, 2.05) is 86.6 Å². The lowest BCUT2D eigenvalue weighted by molar-refractivity contribution is 0.0955. The number of hydrogen-bond donors (Lipinski definition) is 2. The highest BCUT2D eigenvalue weighted by Crippen LogP contribution is 2.23. The van der Waals surface area contributed by atoms with Crippen LogP contribution in [0.5, 0.6) is 11.5 Å². The van der Waals surface area contributed by atoms with Gasteiger partial charge in [-0.15, -0.1) is 0 Å². The molecule has 0 fully saturated rings. The van der Waals surface area contributed by atoms with Gasteiger partial charge in [0.1, 0.15) is 11.5 Å². The zero-order valence-electron chi connectivity index (χ0n) is 22.9. The highest BCUT2D eigenvalue weighted by molar-refractivity contribution is 6.04. The summed E-state index contributed by atoms with van der Waals surface area (Å²) in [5, 5.41) is 13.2. The molecular formula is C33H30N4O3. The molecule has 0 spiro atoms. The van der Waals surface area contributed by atoms with Gasteiger partial charge in [-0.1, -0.05) is 36.4 Å². The molecule has 7 nitrogen and oxygen atoms in total. The van der Waals surface area contributed by atoms with E-state index in [2.05, 4.69) is 33.2 Å². The van der Waals surface area contributed by atoms with Gasteiger partial charge in [-0.05, 0) is 107 Å². The van der Waals surface area contributed by atoms with Gasteiger partial charge in [-0.2, -0.15) is 10.2 Å². The molecule has 200 valence electrons. The number of rotatable bonds is 8. The van der Waals surface area contributed by atoms with Gasteiger partial charge >= 0.3 is 0 Å². The molecule has 5 rings (SSSR count). The van der Waals surface area contributed by atoms with Crippen LogP contribution in [0.15, 0.2) is 107 Å². The molecule has 2 N–H and O–H groups in total. The molecule has 7 heteroatoms. The second-order valence-corrected chi connectivity index (χ2v) is 9.38. The Morgan fingerprint density at radius 3 is 1.55 bits per heavy atom. The van der Waals surface area contributed by atoms with Crippen LogP contribution in [0.2, 0.25) is 0 Å². The maximum atomic E-state index is 12.7. The normalized spacial score (nSPS) is 11.9. The minimum atomic E-state index is -0.288. The largest absolute Gasteiger partial charge is 0.497 e. The Hall–Kier alpha value is -5.17. The molecule has 5 aromatic rings. The standard InChI is InChI=1S/C33H30N4O3/c1-21(24-5-7-28-19-31(39-3)15-11-26(28)17-24)34-36-30-13-9-23(10-14-30)33(38)37-35-22(2)25-6-8-29-20-32(40-4)16-12-27(29)18-25/h5-20,36H,1-4H3,(H,37,38)/b34-21-,35-22+. The van der Waals surface area contributed by atoms with Crippen molar-refractivity contribution in [1.82, 2.24) is 5.43 Å². The summed E-state index contributed by atoms with van der Waals surface area (Å²) < 4.78 is 10.6. The maximum absolute atomic E-state index is 12.7. The van der Waals surface area contributed by atoms with E-state index in [0.29, 0.717) is 11.3 Å². The lowest BCUT2D eigenvalue weighted by Gasteiger charge is -2.08. The number of benzene rings is 5. The smallest absolute Gasteiger partial charge is 0.271 e. The summed E-state index contributed by atoms with van der Waals surface area (Å²) in [6, 6.07) is 31.2. The third-order valence-corrected chi connectivity index (χ3v) is 6.76. The van der Waals surface area contributed by atoms with Crippen LogP contribution in [-0.2, 0) is 0 Å². The van der Waals surface area contributed by atoms with Crippen molar-refractivity contribution in [3.63, 3.8) is 0 Å². The van der Waals surface area contributed by atoms with Gasteiger partial charge in [0.15, 0.2) is 0 Å². The van der Waals surface area contributed by atoms with E-state index >= 15 is 0 Å². The van der Waals surface area contributed by atoms with E-state index in [1.165, 1.54) is 0 Å². The van der Waals surface area contributed by atoms with Crippen LogP contribution < -0.4 is 20.3 Å². The zero-order valence-corrected chi connectivity index (χ0v) is 22.9. The molecule has 40 heavy (non-hydrogen) atoms. The molecule has 1 amide bonds. The van der Waals surface area contributed by atoms with E-state index in [-0.39, 0.29) is 5.91 Å². The number of hydrazone groups is 2. The first-order valence-corrected chi connectivity index (χ1v) is 12.8. The van der Waals surface area contributed by atoms with Crippen LogP contribution in [0.25, 0.3) is 21.5 Å². The fourth-order valence-corrected chi connectivity index (χ4v) is 4.32. The summed E-state index contributed by atoms with van der Waals surface area (Å²) in [6.45, 7) is 3.82. The van der Waals surface area contributed by atoms with Crippen molar-refractivity contribution < 1.29 is 14.3 Å². The lowest BCUT2D eigenvalue weighted by Crippen LogP contribution is -2.19. The average Bonchev–Trinajstić information content (AvgIpc) is 3.01. The number of amides is 1. The van der Waals surface area contributed by atoms with E-state index in [0.717, 1.165) is 55.6 Å². The molecule has 0 heterocycles. The first-order chi connectivity index (χ1) is 19.4. The summed E-state index contributed by atoms with van der Waals surface area (Å²) in [4.78, 5) is 12.7. The number of anilines is 1. The van der Waals surface area contributed by atoms with Crippen LogP contribution >= 0.6 is 0 Å². The van der Waals surface area contributed by atoms with Crippen LogP contribution in [0.1, 0.15) is 35.3 Å². The van der Waals surface area contributed by atoms with Crippen molar-refractivity contribution in [3.8, 4) is 11.5 Å². The molecule has 0 saturated heterocycles. The number of nitrogens with zero attached hydrogens (tertiary/aromatic N) is 2. The number of fused-ring (bicyclic) bond motifs is 2. The number of methoxy groups -OCH3 is 2. The molecule has 5 aromatic carbocycles. The first kappa shape index (κ1) is 26.4. The van der Waals surface area contributed by atoms with Gasteiger partial charge in [0, 0.05) is 5.56 Å². The van der Waals surface area contributed by atoms with Crippen molar-refractivity contribution >= 4 is 44.6 Å². The third kappa shape index (κ3) is 5.94. The molecule has 0 aliphatic carbocycles. The maximum Gasteiger partial charge on any atom is 0.271 e. The molecule has 0 unspecified atom stereocenters. The Morgan fingerprint density at radius 2 is 1.02 bits per heavy atom. The SMILES string of the molecule is COc1ccc2cc(/C(C)=N\Nc3ccc(C(=O)N/N=C(\C)c4ccc5cc(OC)ccc5c4)cc3)ccc2c1. The number of hydrogen-bond acceptors (Lipinski definition) is 6. The summed E-state index contributed by atoms with van der Waals surface area (Å²) in [5.74, 6) is 1.36.